The van der Waals surface area contributed by atoms with Gasteiger partial charge in [-0.2, -0.15) is 23.5 Å². The zero-order valence-corrected chi connectivity index (χ0v) is 15.4. The summed E-state index contributed by atoms with van der Waals surface area (Å²) in [4.78, 5) is 0. The first-order valence-corrected chi connectivity index (χ1v) is 9.77. The van der Waals surface area contributed by atoms with Crippen molar-refractivity contribution in [1.29, 1.82) is 0 Å². The van der Waals surface area contributed by atoms with E-state index in [-0.39, 0.29) is 0 Å². The Morgan fingerprint density at radius 1 is 1.40 bits per heavy atom. The van der Waals surface area contributed by atoms with E-state index in [1.165, 1.54) is 21.5 Å². The topological polar surface area (TPSA) is 21.3 Å². The van der Waals surface area contributed by atoms with Crippen molar-refractivity contribution in [2.24, 2.45) is 0 Å². The number of nitrogens with one attached hydrogen (secondary N) is 1. The van der Waals surface area contributed by atoms with E-state index in [9.17, 15) is 0 Å². The van der Waals surface area contributed by atoms with Crippen LogP contribution in [0, 0.1) is 0 Å². The second-order valence-electron chi connectivity index (χ2n) is 4.97. The molecule has 0 aliphatic carbocycles. The van der Waals surface area contributed by atoms with Crippen LogP contribution in [0.3, 0.4) is 0 Å². The van der Waals surface area contributed by atoms with Crippen LogP contribution < -0.4 is 10.1 Å². The molecule has 0 radical (unpaired) electrons. The lowest BCUT2D eigenvalue weighted by molar-refractivity contribution is 0.413. The molecule has 3 atom stereocenters. The molecule has 0 aromatic heterocycles. The van der Waals surface area contributed by atoms with Crippen LogP contribution in [-0.2, 0) is 6.42 Å². The van der Waals surface area contributed by atoms with Crippen molar-refractivity contribution in [2.75, 3.05) is 25.7 Å². The Morgan fingerprint density at radius 2 is 2.15 bits per heavy atom. The van der Waals surface area contributed by atoms with Gasteiger partial charge in [0.15, 0.2) is 0 Å². The van der Waals surface area contributed by atoms with Gasteiger partial charge in [-0.3, -0.25) is 0 Å². The average molecular weight is 376 g/mol. The lowest BCUT2D eigenvalue weighted by Crippen LogP contribution is -2.44. The Morgan fingerprint density at radius 3 is 2.80 bits per heavy atom. The number of benzene rings is 1. The quantitative estimate of drug-likeness (QED) is 0.843. The van der Waals surface area contributed by atoms with Gasteiger partial charge in [-0.15, -0.1) is 0 Å². The van der Waals surface area contributed by atoms with Crippen LogP contribution in [0.1, 0.15) is 12.5 Å². The first kappa shape index (κ1) is 16.5. The molecule has 1 aliphatic heterocycles. The summed E-state index contributed by atoms with van der Waals surface area (Å²) in [7, 11) is 3.80. The molecular formula is C15H22BrNOS2. The SMILES string of the molecule is CNC(Cc1cc(OC)ccc1Br)C1SCCSC1C. The van der Waals surface area contributed by atoms with Gasteiger partial charge in [0.25, 0.3) is 0 Å². The molecule has 1 heterocycles. The second kappa shape index (κ2) is 7.97. The number of hydrogen-bond donors (Lipinski definition) is 1. The van der Waals surface area contributed by atoms with Crippen LogP contribution in [0.15, 0.2) is 22.7 Å². The largest absolute Gasteiger partial charge is 0.497 e. The normalized spacial score (nSPS) is 24.4. The van der Waals surface area contributed by atoms with Crippen molar-refractivity contribution >= 4 is 39.5 Å². The number of thioether (sulfide) groups is 2. The molecule has 1 N–H and O–H groups in total. The smallest absolute Gasteiger partial charge is 0.119 e. The zero-order valence-electron chi connectivity index (χ0n) is 12.2. The van der Waals surface area contributed by atoms with Gasteiger partial charge in [0.05, 0.1) is 7.11 Å². The molecule has 0 saturated carbocycles. The highest BCUT2D eigenvalue weighted by molar-refractivity contribution is 9.10. The average Bonchev–Trinajstić information content (AvgIpc) is 2.47. The minimum atomic E-state index is 0.492. The fourth-order valence-corrected chi connectivity index (χ4v) is 5.95. The molecule has 1 aliphatic rings. The van der Waals surface area contributed by atoms with Gasteiger partial charge in [-0.25, -0.2) is 0 Å². The molecule has 1 aromatic carbocycles. The number of hydrogen-bond acceptors (Lipinski definition) is 4. The van der Waals surface area contributed by atoms with Gasteiger partial charge in [0, 0.05) is 32.5 Å². The maximum absolute atomic E-state index is 5.34. The Kier molecular flexibility index (Phi) is 6.59. The summed E-state index contributed by atoms with van der Waals surface area (Å²) in [5, 5.41) is 4.89. The van der Waals surface area contributed by atoms with Crippen molar-refractivity contribution in [3.63, 3.8) is 0 Å². The summed E-state index contributed by atoms with van der Waals surface area (Å²) in [6.07, 6.45) is 1.02. The predicted octanol–water partition coefficient (Wildman–Crippen LogP) is 3.83. The van der Waals surface area contributed by atoms with Crippen LogP contribution in [0.4, 0.5) is 0 Å². The molecule has 2 rings (SSSR count). The summed E-state index contributed by atoms with van der Waals surface area (Å²) in [5.41, 5.74) is 1.31. The molecule has 3 unspecified atom stereocenters. The van der Waals surface area contributed by atoms with E-state index >= 15 is 0 Å². The summed E-state index contributed by atoms with van der Waals surface area (Å²) < 4.78 is 6.51. The monoisotopic (exact) mass is 375 g/mol. The van der Waals surface area contributed by atoms with Crippen LogP contribution in [0.5, 0.6) is 5.75 Å². The Hall–Kier alpha value is 0.160. The lowest BCUT2D eigenvalue weighted by atomic mass is 10.0. The highest BCUT2D eigenvalue weighted by atomic mass is 79.9. The standard InChI is InChI=1S/C15H22BrNOS2/c1-10-15(20-7-6-19-10)14(17-2)9-11-8-12(18-3)4-5-13(11)16/h4-5,8,10,14-15,17H,6-7,9H2,1-3H3. The first-order chi connectivity index (χ1) is 9.65. The van der Waals surface area contributed by atoms with Crippen molar-refractivity contribution in [1.82, 2.24) is 5.32 Å². The Balaban J connectivity index is 2.13. The highest BCUT2D eigenvalue weighted by Gasteiger charge is 2.29. The molecule has 0 spiro atoms. The number of ether oxygens (including phenoxy) is 1. The van der Waals surface area contributed by atoms with E-state index in [0.717, 1.165) is 12.2 Å². The fourth-order valence-electron chi connectivity index (χ4n) is 2.55. The van der Waals surface area contributed by atoms with Crippen molar-refractivity contribution in [3.05, 3.63) is 28.2 Å². The maximum Gasteiger partial charge on any atom is 0.119 e. The van der Waals surface area contributed by atoms with E-state index in [4.69, 9.17) is 4.74 Å². The minimum Gasteiger partial charge on any atom is -0.497 e. The van der Waals surface area contributed by atoms with Gasteiger partial charge in [-0.05, 0) is 37.2 Å². The van der Waals surface area contributed by atoms with E-state index in [0.29, 0.717) is 16.5 Å². The second-order valence-corrected chi connectivity index (χ2v) is 8.59. The van der Waals surface area contributed by atoms with Gasteiger partial charge >= 0.3 is 0 Å². The van der Waals surface area contributed by atoms with E-state index in [2.05, 4.69) is 70.9 Å². The number of halogens is 1. The van der Waals surface area contributed by atoms with Crippen LogP contribution in [0.25, 0.3) is 0 Å². The molecule has 1 fully saturated rings. The molecular weight excluding hydrogens is 354 g/mol. The number of methoxy groups -OCH3 is 1. The zero-order chi connectivity index (χ0) is 14.5. The van der Waals surface area contributed by atoms with Gasteiger partial charge in [0.1, 0.15) is 5.75 Å². The number of rotatable bonds is 5. The van der Waals surface area contributed by atoms with Crippen LogP contribution >= 0.6 is 39.5 Å². The van der Waals surface area contributed by atoms with E-state index in [1.54, 1.807) is 7.11 Å². The van der Waals surface area contributed by atoms with Crippen molar-refractivity contribution in [3.8, 4) is 5.75 Å². The molecule has 1 aromatic rings. The van der Waals surface area contributed by atoms with Crippen LogP contribution in [-0.4, -0.2) is 42.2 Å². The van der Waals surface area contributed by atoms with Crippen LogP contribution in [0.2, 0.25) is 0 Å². The molecule has 1 saturated heterocycles. The lowest BCUT2D eigenvalue weighted by Gasteiger charge is -2.34. The summed E-state index contributed by atoms with van der Waals surface area (Å²) in [5.74, 6) is 3.47. The summed E-state index contributed by atoms with van der Waals surface area (Å²) >= 11 is 7.87. The minimum absolute atomic E-state index is 0.492. The third kappa shape index (κ3) is 4.09. The molecule has 2 nitrogen and oxygen atoms in total. The summed E-state index contributed by atoms with van der Waals surface area (Å²) in [6, 6.07) is 6.70. The highest BCUT2D eigenvalue weighted by Crippen LogP contribution is 2.35. The fraction of sp³-hybridized carbons (Fsp3) is 0.600. The van der Waals surface area contributed by atoms with Gasteiger partial charge in [-0.1, -0.05) is 22.9 Å². The molecule has 0 amide bonds. The molecule has 5 heteroatoms. The number of likely N-dealkylation sites (N-methyl/N-ethyl adjacent to an activating group) is 1. The molecule has 20 heavy (non-hydrogen) atoms. The maximum atomic E-state index is 5.34. The van der Waals surface area contributed by atoms with E-state index < -0.39 is 0 Å². The van der Waals surface area contributed by atoms with Gasteiger partial charge < -0.3 is 10.1 Å². The molecule has 112 valence electrons. The van der Waals surface area contributed by atoms with E-state index in [1.807, 2.05) is 6.07 Å². The summed E-state index contributed by atoms with van der Waals surface area (Å²) in [6.45, 7) is 2.35. The van der Waals surface area contributed by atoms with Crippen molar-refractivity contribution < 1.29 is 4.74 Å². The Bertz CT molecular complexity index is 444. The molecule has 0 bridgehead atoms. The third-order valence-corrected chi connectivity index (χ3v) is 7.72. The van der Waals surface area contributed by atoms with Crippen molar-refractivity contribution in [2.45, 2.75) is 29.9 Å². The third-order valence-electron chi connectivity index (χ3n) is 3.70. The predicted molar refractivity (Wildman–Crippen MR) is 95.4 cm³/mol. The Labute approximate surface area is 138 Å². The van der Waals surface area contributed by atoms with Gasteiger partial charge in [0.2, 0.25) is 0 Å². The first-order valence-electron chi connectivity index (χ1n) is 6.88.